The molecule has 1 aromatic heterocycles. The highest BCUT2D eigenvalue weighted by atomic mass is 19.4. The summed E-state index contributed by atoms with van der Waals surface area (Å²) in [7, 11) is 0. The fourth-order valence-corrected chi connectivity index (χ4v) is 4.22. The van der Waals surface area contributed by atoms with Crippen LogP contribution in [0.25, 0.3) is 0 Å². The van der Waals surface area contributed by atoms with E-state index in [0.717, 1.165) is 12.3 Å². The van der Waals surface area contributed by atoms with Gasteiger partial charge in [0.05, 0.1) is 39.4 Å². The van der Waals surface area contributed by atoms with Crippen LogP contribution in [0.3, 0.4) is 0 Å². The Bertz CT molecular complexity index is 570. The maximum Gasteiger partial charge on any atom is 0.511 e. The van der Waals surface area contributed by atoms with E-state index >= 15 is 0 Å². The van der Waals surface area contributed by atoms with Crippen molar-refractivity contribution in [3.8, 4) is 0 Å². The van der Waals surface area contributed by atoms with Gasteiger partial charge >= 0.3 is 6.98 Å². The van der Waals surface area contributed by atoms with E-state index in [-0.39, 0.29) is 0 Å². The Morgan fingerprint density at radius 1 is 0.818 bits per heavy atom. The Morgan fingerprint density at radius 2 is 1.27 bits per heavy atom. The number of ether oxygens (including phenoxy) is 1. The Labute approximate surface area is 200 Å². The molecule has 1 aliphatic rings. The van der Waals surface area contributed by atoms with E-state index in [1.54, 1.807) is 0 Å². The smallest absolute Gasteiger partial charge is 0.445 e. The predicted molar refractivity (Wildman–Crippen MR) is 135 cm³/mol. The average Bonchev–Trinajstić information content (AvgIpc) is 2.83. The van der Waals surface area contributed by atoms with Crippen molar-refractivity contribution in [2.24, 2.45) is 0 Å². The highest BCUT2D eigenvalue weighted by Crippen LogP contribution is 2.17. The molecule has 0 unspecified atom stereocenters. The van der Waals surface area contributed by atoms with Gasteiger partial charge in [0.25, 0.3) is 0 Å². The van der Waals surface area contributed by atoms with E-state index < -0.39 is 12.4 Å². The quantitative estimate of drug-likeness (QED) is 0.246. The van der Waals surface area contributed by atoms with Gasteiger partial charge in [-0.15, -0.1) is 0 Å². The van der Waals surface area contributed by atoms with Crippen molar-refractivity contribution in [1.82, 2.24) is 4.98 Å². The Balaban J connectivity index is 0.000000330. The predicted octanol–water partition coefficient (Wildman–Crippen LogP) is 5.98. The average molecular weight is 473 g/mol. The minimum Gasteiger partial charge on any atom is -0.445 e. The van der Waals surface area contributed by atoms with Crippen molar-refractivity contribution in [2.45, 2.75) is 79.1 Å². The number of unbranched alkanes of at least 4 members (excludes halogenated alkanes) is 4. The van der Waals surface area contributed by atoms with E-state index in [0.29, 0.717) is 32.1 Å². The monoisotopic (exact) mass is 473 g/mol. The second kappa shape index (κ2) is 16.4. The SMILES string of the molecule is CCCC[N+](CCCC)(CCCC)CCCC.F[B-](F)(F)c1ccc(N2CCOCC2)nc1. The van der Waals surface area contributed by atoms with E-state index in [4.69, 9.17) is 4.74 Å². The number of morpholine rings is 1. The lowest BCUT2D eigenvalue weighted by Crippen LogP contribution is -2.50. The van der Waals surface area contributed by atoms with Gasteiger partial charge in [0, 0.05) is 19.3 Å². The summed E-state index contributed by atoms with van der Waals surface area (Å²) in [5.74, 6) is 0.576. The molecule has 0 spiro atoms. The maximum absolute atomic E-state index is 12.4. The minimum absolute atomic E-state index is 0.576. The van der Waals surface area contributed by atoms with Crippen molar-refractivity contribution >= 4 is 18.3 Å². The van der Waals surface area contributed by atoms with Crippen molar-refractivity contribution < 1.29 is 22.2 Å². The molecule has 192 valence electrons. The second-order valence-corrected chi connectivity index (χ2v) is 9.27. The van der Waals surface area contributed by atoms with E-state index in [1.807, 2.05) is 4.90 Å². The van der Waals surface area contributed by atoms with Gasteiger partial charge in [-0.25, -0.2) is 4.98 Å². The third-order valence-electron chi connectivity index (χ3n) is 6.43. The molecular formula is C25H47BF3N3O. The highest BCUT2D eigenvalue weighted by Gasteiger charge is 2.26. The standard InChI is InChI=1S/C16H36N.C9H11BF3N2O/c1-5-9-13-17(14-10-6-2,15-11-7-3)16-12-8-4;11-10(12,13)8-1-2-9(14-7-8)15-3-5-16-6-4-15/h5-16H2,1-4H3;1-2,7H,3-6H2/q+1;-1. The number of nitrogens with zero attached hydrogens (tertiary/aromatic N) is 3. The third kappa shape index (κ3) is 11.6. The summed E-state index contributed by atoms with van der Waals surface area (Å²) < 4.78 is 43.6. The van der Waals surface area contributed by atoms with Crippen LogP contribution in [-0.2, 0) is 4.74 Å². The van der Waals surface area contributed by atoms with Crippen molar-refractivity contribution in [3.63, 3.8) is 0 Å². The maximum atomic E-state index is 12.4. The van der Waals surface area contributed by atoms with E-state index in [9.17, 15) is 12.9 Å². The molecule has 1 saturated heterocycles. The molecule has 0 bridgehead atoms. The molecule has 0 atom stereocenters. The number of quaternary nitrogens is 1. The van der Waals surface area contributed by atoms with Crippen LogP contribution in [0.2, 0.25) is 0 Å². The zero-order chi connectivity index (χ0) is 24.6. The number of aromatic nitrogens is 1. The molecule has 2 heterocycles. The van der Waals surface area contributed by atoms with Crippen LogP contribution < -0.4 is 10.4 Å². The van der Waals surface area contributed by atoms with Gasteiger partial charge in [-0.3, -0.25) is 0 Å². The molecule has 1 fully saturated rings. The number of anilines is 1. The molecule has 1 aromatic rings. The van der Waals surface area contributed by atoms with Gasteiger partial charge in [-0.1, -0.05) is 64.9 Å². The van der Waals surface area contributed by atoms with Crippen molar-refractivity contribution in [2.75, 3.05) is 57.4 Å². The molecule has 4 nitrogen and oxygen atoms in total. The van der Waals surface area contributed by atoms with Crippen LogP contribution in [0.15, 0.2) is 18.3 Å². The summed E-state index contributed by atoms with van der Waals surface area (Å²) in [5.41, 5.74) is -0.656. The first-order chi connectivity index (χ1) is 15.8. The fraction of sp³-hybridized carbons (Fsp3) is 0.800. The molecule has 0 amide bonds. The molecule has 0 aromatic carbocycles. The highest BCUT2D eigenvalue weighted by molar-refractivity contribution is 6.73. The lowest BCUT2D eigenvalue weighted by Gasteiger charge is -2.39. The zero-order valence-electron chi connectivity index (χ0n) is 21.5. The summed E-state index contributed by atoms with van der Waals surface area (Å²) in [6, 6.07) is 2.49. The van der Waals surface area contributed by atoms with Gasteiger partial charge in [0.15, 0.2) is 0 Å². The van der Waals surface area contributed by atoms with Gasteiger partial charge in [0.2, 0.25) is 0 Å². The summed E-state index contributed by atoms with van der Waals surface area (Å²) >= 11 is 0. The van der Waals surface area contributed by atoms with Crippen LogP contribution in [0.4, 0.5) is 18.8 Å². The molecule has 2 rings (SSSR count). The molecule has 0 saturated carbocycles. The van der Waals surface area contributed by atoms with Crippen LogP contribution in [0.1, 0.15) is 79.1 Å². The lowest BCUT2D eigenvalue weighted by atomic mass is 9.81. The summed E-state index contributed by atoms with van der Waals surface area (Å²) in [5, 5.41) is 0. The topological polar surface area (TPSA) is 25.4 Å². The van der Waals surface area contributed by atoms with Crippen LogP contribution in [0, 0.1) is 0 Å². The summed E-state index contributed by atoms with van der Waals surface area (Å²) in [6.45, 7) is 12.6. The Kier molecular flexibility index (Phi) is 14.8. The van der Waals surface area contributed by atoms with Gasteiger partial charge in [-0.2, -0.15) is 0 Å². The second-order valence-electron chi connectivity index (χ2n) is 9.27. The van der Waals surface area contributed by atoms with Gasteiger partial charge in [0.1, 0.15) is 5.82 Å². The van der Waals surface area contributed by atoms with Crippen LogP contribution in [-0.4, -0.2) is 68.9 Å². The number of halogens is 3. The molecule has 1 aliphatic heterocycles. The van der Waals surface area contributed by atoms with Gasteiger partial charge in [-0.05, 0) is 31.7 Å². The van der Waals surface area contributed by atoms with E-state index in [1.165, 1.54) is 88.1 Å². The molecule has 33 heavy (non-hydrogen) atoms. The normalized spacial score (nSPS) is 14.7. The first kappa shape index (κ1) is 29.8. The first-order valence-electron chi connectivity index (χ1n) is 13.2. The number of hydrogen-bond donors (Lipinski definition) is 0. The number of rotatable bonds is 14. The Morgan fingerprint density at radius 3 is 1.61 bits per heavy atom. The minimum atomic E-state index is -4.95. The van der Waals surface area contributed by atoms with Crippen LogP contribution >= 0.6 is 0 Å². The van der Waals surface area contributed by atoms with E-state index in [2.05, 4.69) is 32.7 Å². The lowest BCUT2D eigenvalue weighted by molar-refractivity contribution is -0.929. The third-order valence-corrected chi connectivity index (χ3v) is 6.43. The molecular weight excluding hydrogens is 426 g/mol. The van der Waals surface area contributed by atoms with Crippen LogP contribution in [0.5, 0.6) is 0 Å². The van der Waals surface area contributed by atoms with Crippen molar-refractivity contribution in [1.29, 1.82) is 0 Å². The molecule has 0 aliphatic carbocycles. The molecule has 0 radical (unpaired) electrons. The summed E-state index contributed by atoms with van der Waals surface area (Å²) in [6.07, 6.45) is 12.0. The van der Waals surface area contributed by atoms with Gasteiger partial charge < -0.3 is 27.1 Å². The fourth-order valence-electron chi connectivity index (χ4n) is 4.22. The largest absolute Gasteiger partial charge is 0.511 e. The first-order valence-corrected chi connectivity index (χ1v) is 13.2. The molecule has 0 N–H and O–H groups in total. The number of pyridine rings is 1. The van der Waals surface area contributed by atoms with Crippen molar-refractivity contribution in [3.05, 3.63) is 18.3 Å². The Hall–Kier alpha value is -1.28. The number of hydrogen-bond acceptors (Lipinski definition) is 3. The zero-order valence-corrected chi connectivity index (χ0v) is 21.5. The molecule has 8 heteroatoms. The summed E-state index contributed by atoms with van der Waals surface area (Å²) in [4.78, 5) is 5.75.